The molecule has 0 radical (unpaired) electrons. The minimum atomic E-state index is -0.847. The first-order valence-electron chi connectivity index (χ1n) is 15.7. The van der Waals surface area contributed by atoms with Gasteiger partial charge in [0.2, 0.25) is 0 Å². The number of hydrogen-bond donors (Lipinski definition) is 3. The van der Waals surface area contributed by atoms with Crippen LogP contribution in [0.3, 0.4) is 0 Å². The molecule has 0 saturated carbocycles. The highest BCUT2D eigenvalue weighted by Crippen LogP contribution is 2.09. The van der Waals surface area contributed by atoms with Crippen LogP contribution in [0.2, 0.25) is 0 Å². The summed E-state index contributed by atoms with van der Waals surface area (Å²) >= 11 is 0. The predicted octanol–water partition coefficient (Wildman–Crippen LogP) is 6.99. The van der Waals surface area contributed by atoms with Crippen molar-refractivity contribution >= 4 is 11.9 Å². The van der Waals surface area contributed by atoms with Crippen LogP contribution in [0.15, 0.2) is 72.9 Å². The Labute approximate surface area is 254 Å². The Kier molecular flexibility index (Phi) is 27.8. The average Bonchev–Trinajstić information content (AvgIpc) is 2.97. The monoisotopic (exact) mass is 588 g/mol. The third kappa shape index (κ3) is 27.4. The van der Waals surface area contributed by atoms with Gasteiger partial charge < -0.3 is 24.8 Å². The summed E-state index contributed by atoms with van der Waals surface area (Å²) < 4.78 is 10.4. The molecule has 0 rings (SSSR count). The summed E-state index contributed by atoms with van der Waals surface area (Å²) in [6.45, 7) is 3.71. The number of carbonyl (C=O) groups is 2. The van der Waals surface area contributed by atoms with E-state index >= 15 is 0 Å². The quantitative estimate of drug-likeness (QED) is 0.0432. The summed E-state index contributed by atoms with van der Waals surface area (Å²) in [5.41, 5.74) is 0. The van der Waals surface area contributed by atoms with Gasteiger partial charge in [0.05, 0.1) is 18.8 Å². The van der Waals surface area contributed by atoms with Gasteiger partial charge >= 0.3 is 11.9 Å². The summed E-state index contributed by atoms with van der Waals surface area (Å²) in [5.74, 6) is -0.775. The highest BCUT2D eigenvalue weighted by Gasteiger charge is 2.15. The number of aliphatic hydroxyl groups excluding tert-OH is 3. The molecule has 0 bridgehead atoms. The van der Waals surface area contributed by atoms with E-state index in [2.05, 4.69) is 13.8 Å². The van der Waals surface area contributed by atoms with Gasteiger partial charge in [-0.2, -0.15) is 0 Å². The topological polar surface area (TPSA) is 113 Å². The van der Waals surface area contributed by atoms with Crippen LogP contribution in [0, 0.1) is 0 Å². The molecule has 238 valence electrons. The summed E-state index contributed by atoms with van der Waals surface area (Å²) in [6, 6.07) is 0. The molecule has 7 heteroatoms. The largest absolute Gasteiger partial charge is 0.462 e. The average molecular weight is 589 g/mol. The van der Waals surface area contributed by atoms with Crippen molar-refractivity contribution in [3.05, 3.63) is 72.9 Å². The highest BCUT2D eigenvalue weighted by molar-refractivity contribution is 5.70. The number of aliphatic hydroxyl groups is 3. The number of allylic oxidation sites excluding steroid dienone is 8. The van der Waals surface area contributed by atoms with Gasteiger partial charge in [0.1, 0.15) is 6.61 Å². The molecular formula is C35H56O7. The second-order valence-corrected chi connectivity index (χ2v) is 10.2. The zero-order chi connectivity index (χ0) is 31.1. The van der Waals surface area contributed by atoms with E-state index in [9.17, 15) is 24.9 Å². The van der Waals surface area contributed by atoms with Crippen molar-refractivity contribution < 1.29 is 34.4 Å². The van der Waals surface area contributed by atoms with E-state index in [0.717, 1.165) is 25.7 Å². The smallest absolute Gasteiger partial charge is 0.306 e. The van der Waals surface area contributed by atoms with E-state index in [-0.39, 0.29) is 19.0 Å². The Balaban J connectivity index is 3.97. The van der Waals surface area contributed by atoms with E-state index in [0.29, 0.717) is 32.1 Å². The van der Waals surface area contributed by atoms with Crippen LogP contribution < -0.4 is 0 Å². The molecule has 3 atom stereocenters. The van der Waals surface area contributed by atoms with Crippen molar-refractivity contribution in [2.75, 3.05) is 13.2 Å². The van der Waals surface area contributed by atoms with Gasteiger partial charge in [-0.05, 0) is 38.5 Å². The van der Waals surface area contributed by atoms with Crippen LogP contribution in [0.25, 0.3) is 0 Å². The van der Waals surface area contributed by atoms with E-state index in [1.807, 2.05) is 42.5 Å². The summed E-state index contributed by atoms with van der Waals surface area (Å²) in [7, 11) is 0. The Morgan fingerprint density at radius 3 is 1.90 bits per heavy atom. The molecule has 3 N–H and O–H groups in total. The fraction of sp³-hybridized carbons (Fsp3) is 0.600. The fourth-order valence-electron chi connectivity index (χ4n) is 3.75. The summed E-state index contributed by atoms with van der Waals surface area (Å²) in [4.78, 5) is 23.9. The molecule has 0 amide bonds. The molecule has 0 aromatic carbocycles. The zero-order valence-corrected chi connectivity index (χ0v) is 25.9. The minimum absolute atomic E-state index is 0.131. The SMILES string of the molecule is CC/C=C\C[C@H](O)/C=C/C=C\C=C\[C@H](O)C/C=C\C/C=C\CCC(=O)O[C@@H](CO)COC(=O)CCCCCCCCC. The van der Waals surface area contributed by atoms with Crippen molar-refractivity contribution in [2.24, 2.45) is 0 Å². The lowest BCUT2D eigenvalue weighted by atomic mass is 10.1. The zero-order valence-electron chi connectivity index (χ0n) is 25.9. The van der Waals surface area contributed by atoms with Crippen molar-refractivity contribution in [3.63, 3.8) is 0 Å². The van der Waals surface area contributed by atoms with Crippen LogP contribution in [0.1, 0.15) is 104 Å². The number of rotatable bonds is 26. The lowest BCUT2D eigenvalue weighted by Crippen LogP contribution is -2.28. The van der Waals surface area contributed by atoms with Gasteiger partial charge in [-0.25, -0.2) is 0 Å². The third-order valence-corrected chi connectivity index (χ3v) is 6.19. The Morgan fingerprint density at radius 2 is 1.29 bits per heavy atom. The van der Waals surface area contributed by atoms with Crippen molar-refractivity contribution in [2.45, 2.75) is 122 Å². The van der Waals surface area contributed by atoms with Crippen LogP contribution in [-0.4, -0.2) is 58.8 Å². The molecule has 7 nitrogen and oxygen atoms in total. The second kappa shape index (κ2) is 29.7. The summed E-state index contributed by atoms with van der Waals surface area (Å²) in [5, 5.41) is 29.2. The molecule has 0 aliphatic carbocycles. The number of esters is 2. The number of hydrogen-bond acceptors (Lipinski definition) is 7. The van der Waals surface area contributed by atoms with E-state index in [1.165, 1.54) is 25.7 Å². The number of unbranched alkanes of at least 4 members (excludes halogenated alkanes) is 6. The van der Waals surface area contributed by atoms with E-state index < -0.39 is 30.9 Å². The van der Waals surface area contributed by atoms with Gasteiger partial charge in [-0.1, -0.05) is 125 Å². The van der Waals surface area contributed by atoms with Crippen molar-refractivity contribution in [3.8, 4) is 0 Å². The molecule has 0 spiro atoms. The maximum absolute atomic E-state index is 12.0. The van der Waals surface area contributed by atoms with Crippen molar-refractivity contribution in [1.82, 2.24) is 0 Å². The molecule has 0 aromatic rings. The molecule has 0 unspecified atom stereocenters. The maximum atomic E-state index is 12.0. The van der Waals surface area contributed by atoms with Crippen LogP contribution in [0.4, 0.5) is 0 Å². The normalized spacial score (nSPS) is 14.7. The first-order valence-corrected chi connectivity index (χ1v) is 15.7. The standard InChI is InChI=1S/C35H56O7/c1-3-5-7-8-9-13-21-27-34(39)41-30-33(29-36)42-35(40)28-22-14-11-10-12-18-24-32(38)26-20-16-15-19-25-31(37)23-17-6-4-2/h6,11-12,14-20,25-26,31-33,36-38H,3-5,7-10,13,21-24,27-30H2,1-2H3/b14-11-,16-15-,17-6-,18-12-,25-19+,26-20+/t31-,32+,33-/m0/s1. The molecule has 42 heavy (non-hydrogen) atoms. The predicted molar refractivity (Wildman–Crippen MR) is 171 cm³/mol. The molecule has 0 aliphatic heterocycles. The van der Waals surface area contributed by atoms with Gasteiger partial charge in [-0.3, -0.25) is 9.59 Å². The number of carbonyl (C=O) groups excluding carboxylic acids is 2. The van der Waals surface area contributed by atoms with Gasteiger partial charge in [0, 0.05) is 12.8 Å². The fourth-order valence-corrected chi connectivity index (χ4v) is 3.75. The Morgan fingerprint density at radius 1 is 0.690 bits per heavy atom. The Hall–Kier alpha value is -2.74. The molecule has 0 saturated heterocycles. The third-order valence-electron chi connectivity index (χ3n) is 6.19. The van der Waals surface area contributed by atoms with Crippen LogP contribution in [0.5, 0.6) is 0 Å². The van der Waals surface area contributed by atoms with E-state index in [4.69, 9.17) is 9.47 Å². The molecule has 0 heterocycles. The van der Waals surface area contributed by atoms with Crippen LogP contribution >= 0.6 is 0 Å². The molecular weight excluding hydrogens is 532 g/mol. The molecule has 0 aliphatic rings. The Bertz CT molecular complexity index is 838. The minimum Gasteiger partial charge on any atom is -0.462 e. The lowest BCUT2D eigenvalue weighted by Gasteiger charge is -2.15. The van der Waals surface area contributed by atoms with E-state index in [1.54, 1.807) is 30.4 Å². The maximum Gasteiger partial charge on any atom is 0.306 e. The first-order chi connectivity index (χ1) is 20.4. The van der Waals surface area contributed by atoms with Gasteiger partial charge in [0.25, 0.3) is 0 Å². The van der Waals surface area contributed by atoms with Crippen molar-refractivity contribution in [1.29, 1.82) is 0 Å². The lowest BCUT2D eigenvalue weighted by molar-refractivity contribution is -0.161. The molecule has 0 aromatic heterocycles. The highest BCUT2D eigenvalue weighted by atomic mass is 16.6. The summed E-state index contributed by atoms with van der Waals surface area (Å²) in [6.07, 6.45) is 31.9. The van der Waals surface area contributed by atoms with Crippen LogP contribution in [-0.2, 0) is 19.1 Å². The second-order valence-electron chi connectivity index (χ2n) is 10.2. The van der Waals surface area contributed by atoms with Gasteiger partial charge in [0.15, 0.2) is 6.10 Å². The van der Waals surface area contributed by atoms with Gasteiger partial charge in [-0.15, -0.1) is 0 Å². The number of ether oxygens (including phenoxy) is 2. The molecule has 0 fully saturated rings. The first kappa shape index (κ1) is 39.3.